The number of aromatic nitrogens is 1. The Labute approximate surface area is 79.6 Å². The number of aliphatic hydroxyl groups excluding tert-OH is 1. The monoisotopic (exact) mass is 204 g/mol. The number of thiazole rings is 1. The summed E-state index contributed by atoms with van der Waals surface area (Å²) < 4.78 is 0.589. The molecule has 0 aromatic carbocycles. The lowest BCUT2D eigenvalue weighted by Gasteiger charge is -2.35. The molecule has 5 heteroatoms. The Morgan fingerprint density at radius 2 is 2.50 bits per heavy atom. The van der Waals surface area contributed by atoms with Crippen LogP contribution in [-0.2, 0) is 6.54 Å². The van der Waals surface area contributed by atoms with Crippen molar-refractivity contribution in [2.75, 3.05) is 13.1 Å². The molecule has 0 bridgehead atoms. The van der Waals surface area contributed by atoms with Crippen LogP contribution in [0.1, 0.15) is 4.88 Å². The van der Waals surface area contributed by atoms with E-state index in [2.05, 4.69) is 9.88 Å². The van der Waals surface area contributed by atoms with E-state index in [1.54, 1.807) is 6.20 Å². The van der Waals surface area contributed by atoms with Crippen LogP contribution in [0.4, 0.5) is 0 Å². The standard InChI is InChI=1S/C7H9ClN2OS/c8-7-9-1-6(12-7)4-10-2-5(11)3-10/h1,5,11H,2-4H2. The van der Waals surface area contributed by atoms with E-state index in [-0.39, 0.29) is 6.10 Å². The number of aliphatic hydroxyl groups is 1. The summed E-state index contributed by atoms with van der Waals surface area (Å²) in [5.41, 5.74) is 0. The molecule has 0 saturated carbocycles. The minimum absolute atomic E-state index is 0.131. The van der Waals surface area contributed by atoms with Crippen molar-refractivity contribution < 1.29 is 5.11 Å². The van der Waals surface area contributed by atoms with Gasteiger partial charge in [-0.25, -0.2) is 4.98 Å². The van der Waals surface area contributed by atoms with Crippen molar-refractivity contribution in [3.63, 3.8) is 0 Å². The molecule has 1 fully saturated rings. The lowest BCUT2D eigenvalue weighted by Crippen LogP contribution is -2.49. The minimum atomic E-state index is -0.131. The number of hydrogen-bond donors (Lipinski definition) is 1. The smallest absolute Gasteiger partial charge is 0.183 e. The van der Waals surface area contributed by atoms with Crippen LogP contribution in [0.15, 0.2) is 6.20 Å². The van der Waals surface area contributed by atoms with Gasteiger partial charge in [-0.3, -0.25) is 4.90 Å². The van der Waals surface area contributed by atoms with Gasteiger partial charge in [0, 0.05) is 30.7 Å². The van der Waals surface area contributed by atoms with Crippen LogP contribution in [0.25, 0.3) is 0 Å². The Hall–Kier alpha value is -0.160. The summed E-state index contributed by atoms with van der Waals surface area (Å²) in [6, 6.07) is 0. The molecule has 3 nitrogen and oxygen atoms in total. The Morgan fingerprint density at radius 3 is 3.00 bits per heavy atom. The van der Waals surface area contributed by atoms with Crippen LogP contribution in [-0.4, -0.2) is 34.2 Å². The molecule has 0 unspecified atom stereocenters. The zero-order valence-electron chi connectivity index (χ0n) is 6.40. The van der Waals surface area contributed by atoms with Crippen molar-refractivity contribution in [3.05, 3.63) is 15.5 Å². The highest BCUT2D eigenvalue weighted by molar-refractivity contribution is 7.15. The highest BCUT2D eigenvalue weighted by Gasteiger charge is 2.24. The number of halogens is 1. The van der Waals surface area contributed by atoms with Crippen LogP contribution >= 0.6 is 22.9 Å². The van der Waals surface area contributed by atoms with E-state index in [4.69, 9.17) is 16.7 Å². The second-order valence-electron chi connectivity index (χ2n) is 2.93. The topological polar surface area (TPSA) is 36.4 Å². The van der Waals surface area contributed by atoms with Gasteiger partial charge in [-0.15, -0.1) is 11.3 Å². The van der Waals surface area contributed by atoms with Gasteiger partial charge in [-0.1, -0.05) is 11.6 Å². The van der Waals surface area contributed by atoms with Gasteiger partial charge in [0.05, 0.1) is 6.10 Å². The van der Waals surface area contributed by atoms with Crippen LogP contribution in [0.2, 0.25) is 4.47 Å². The van der Waals surface area contributed by atoms with Gasteiger partial charge in [0.15, 0.2) is 4.47 Å². The molecule has 1 aliphatic rings. The van der Waals surface area contributed by atoms with Gasteiger partial charge < -0.3 is 5.11 Å². The molecule has 0 amide bonds. The molecule has 12 heavy (non-hydrogen) atoms. The second kappa shape index (κ2) is 3.30. The van der Waals surface area contributed by atoms with Crippen molar-refractivity contribution in [2.45, 2.75) is 12.6 Å². The van der Waals surface area contributed by atoms with Crippen molar-refractivity contribution in [1.82, 2.24) is 9.88 Å². The summed E-state index contributed by atoms with van der Waals surface area (Å²) in [4.78, 5) is 7.26. The summed E-state index contributed by atoms with van der Waals surface area (Å²) in [5, 5.41) is 9.02. The molecular weight excluding hydrogens is 196 g/mol. The first-order valence-corrected chi connectivity index (χ1v) is 4.94. The molecule has 2 heterocycles. The summed E-state index contributed by atoms with van der Waals surface area (Å²) in [5.74, 6) is 0. The van der Waals surface area contributed by atoms with Gasteiger partial charge in [-0.2, -0.15) is 0 Å². The predicted octanol–water partition coefficient (Wildman–Crippen LogP) is 0.973. The number of β-amino-alcohol motifs (C(OH)–C–C–N with tert-alkyl or cyclic N) is 1. The van der Waals surface area contributed by atoms with E-state index in [1.807, 2.05) is 0 Å². The Balaban J connectivity index is 1.88. The highest BCUT2D eigenvalue weighted by Crippen LogP contribution is 2.21. The van der Waals surface area contributed by atoms with E-state index < -0.39 is 0 Å². The average Bonchev–Trinajstić information content (AvgIpc) is 2.33. The molecule has 0 spiro atoms. The molecule has 0 atom stereocenters. The molecule has 1 aliphatic heterocycles. The number of likely N-dealkylation sites (tertiary alicyclic amines) is 1. The maximum absolute atomic E-state index is 9.02. The summed E-state index contributed by atoms with van der Waals surface area (Å²) in [6.45, 7) is 2.41. The normalized spacial score (nSPS) is 19.5. The minimum Gasteiger partial charge on any atom is -0.390 e. The van der Waals surface area contributed by atoms with Crippen LogP contribution in [0, 0.1) is 0 Å². The van der Waals surface area contributed by atoms with Crippen molar-refractivity contribution in [2.24, 2.45) is 0 Å². The molecule has 2 rings (SSSR count). The SMILES string of the molecule is OC1CN(Cc2cnc(Cl)s2)C1. The first-order chi connectivity index (χ1) is 5.74. The van der Waals surface area contributed by atoms with E-state index in [0.29, 0.717) is 4.47 Å². The predicted molar refractivity (Wildman–Crippen MR) is 48.4 cm³/mol. The van der Waals surface area contributed by atoms with Gasteiger partial charge in [0.2, 0.25) is 0 Å². The molecular formula is C7H9ClN2OS. The van der Waals surface area contributed by atoms with E-state index in [9.17, 15) is 0 Å². The fourth-order valence-corrected chi connectivity index (χ4v) is 2.27. The molecule has 1 aromatic rings. The Morgan fingerprint density at radius 1 is 1.75 bits per heavy atom. The van der Waals surface area contributed by atoms with E-state index in [0.717, 1.165) is 24.5 Å². The lowest BCUT2D eigenvalue weighted by molar-refractivity contribution is -0.00232. The van der Waals surface area contributed by atoms with Crippen LogP contribution in [0.3, 0.4) is 0 Å². The number of hydrogen-bond acceptors (Lipinski definition) is 4. The number of nitrogens with zero attached hydrogens (tertiary/aromatic N) is 2. The maximum atomic E-state index is 9.02. The first kappa shape index (κ1) is 8.44. The molecule has 1 aromatic heterocycles. The van der Waals surface area contributed by atoms with Gasteiger partial charge in [0.1, 0.15) is 0 Å². The Kier molecular flexibility index (Phi) is 2.32. The molecule has 1 saturated heterocycles. The van der Waals surface area contributed by atoms with Gasteiger partial charge in [-0.05, 0) is 0 Å². The van der Waals surface area contributed by atoms with Crippen LogP contribution < -0.4 is 0 Å². The average molecular weight is 205 g/mol. The zero-order valence-corrected chi connectivity index (χ0v) is 7.98. The first-order valence-electron chi connectivity index (χ1n) is 3.74. The third-order valence-electron chi connectivity index (χ3n) is 1.84. The second-order valence-corrected chi connectivity index (χ2v) is 4.62. The maximum Gasteiger partial charge on any atom is 0.183 e. The van der Waals surface area contributed by atoms with Crippen molar-refractivity contribution in [1.29, 1.82) is 0 Å². The largest absolute Gasteiger partial charge is 0.390 e. The Bertz CT molecular complexity index is 272. The fourth-order valence-electron chi connectivity index (χ4n) is 1.25. The summed E-state index contributed by atoms with van der Waals surface area (Å²) >= 11 is 7.17. The molecule has 66 valence electrons. The molecule has 0 radical (unpaired) electrons. The van der Waals surface area contributed by atoms with Crippen molar-refractivity contribution in [3.8, 4) is 0 Å². The third kappa shape index (κ3) is 1.77. The van der Waals surface area contributed by atoms with E-state index >= 15 is 0 Å². The molecule has 1 N–H and O–H groups in total. The highest BCUT2D eigenvalue weighted by atomic mass is 35.5. The van der Waals surface area contributed by atoms with Gasteiger partial charge >= 0.3 is 0 Å². The lowest BCUT2D eigenvalue weighted by atomic mass is 10.2. The van der Waals surface area contributed by atoms with Gasteiger partial charge in [0.25, 0.3) is 0 Å². The van der Waals surface area contributed by atoms with Crippen LogP contribution in [0.5, 0.6) is 0 Å². The summed E-state index contributed by atoms with van der Waals surface area (Å²) in [6.07, 6.45) is 1.66. The zero-order chi connectivity index (χ0) is 8.55. The fraction of sp³-hybridized carbons (Fsp3) is 0.571. The van der Waals surface area contributed by atoms with E-state index in [1.165, 1.54) is 11.3 Å². The summed E-state index contributed by atoms with van der Waals surface area (Å²) in [7, 11) is 0. The molecule has 0 aliphatic carbocycles. The quantitative estimate of drug-likeness (QED) is 0.780. The third-order valence-corrected chi connectivity index (χ3v) is 2.94. The van der Waals surface area contributed by atoms with Crippen molar-refractivity contribution >= 4 is 22.9 Å². The number of rotatable bonds is 2.